The zero-order chi connectivity index (χ0) is 13.1. The molecule has 0 amide bonds. The lowest BCUT2D eigenvalue weighted by atomic mass is 10.2. The highest BCUT2D eigenvalue weighted by atomic mass is 32.1. The van der Waals surface area contributed by atoms with Crippen molar-refractivity contribution >= 4 is 22.7 Å². The van der Waals surface area contributed by atoms with Crippen LogP contribution in [0.3, 0.4) is 0 Å². The predicted molar refractivity (Wildman–Crippen MR) is 67.2 cm³/mol. The highest BCUT2D eigenvalue weighted by Gasteiger charge is 2.12. The zero-order valence-electron chi connectivity index (χ0n) is 9.46. The van der Waals surface area contributed by atoms with Gasteiger partial charge in [0.15, 0.2) is 0 Å². The summed E-state index contributed by atoms with van der Waals surface area (Å²) >= 11 is 1.46. The molecular weight excluding hydrogens is 257 g/mol. The van der Waals surface area contributed by atoms with Crippen LogP contribution in [0.2, 0.25) is 0 Å². The van der Waals surface area contributed by atoms with Crippen LogP contribution >= 0.6 is 11.3 Å². The third-order valence-electron chi connectivity index (χ3n) is 2.37. The fraction of sp³-hybridized carbons (Fsp3) is 0.182. The Bertz CT molecular complexity index is 559. The Morgan fingerprint density at radius 2 is 2.28 bits per heavy atom. The molecule has 1 aromatic heterocycles. The average molecular weight is 267 g/mol. The molecule has 2 aromatic rings. The molecule has 7 heteroatoms. The van der Waals surface area contributed by atoms with Crippen molar-refractivity contribution in [3.05, 3.63) is 50.7 Å². The molecule has 1 unspecified atom stereocenters. The lowest BCUT2D eigenvalue weighted by Crippen LogP contribution is -2.07. The molecule has 0 saturated carbocycles. The molecule has 0 aliphatic carbocycles. The molecule has 0 fully saturated rings. The molecule has 18 heavy (non-hydrogen) atoms. The maximum absolute atomic E-state index is 13.2. The third kappa shape index (κ3) is 2.80. The smallest absolute Gasteiger partial charge is 0.274 e. The van der Waals surface area contributed by atoms with Gasteiger partial charge < -0.3 is 5.32 Å². The second-order valence-corrected chi connectivity index (χ2v) is 4.45. The van der Waals surface area contributed by atoms with Crippen LogP contribution in [0.25, 0.3) is 0 Å². The summed E-state index contributed by atoms with van der Waals surface area (Å²) in [7, 11) is 0. The predicted octanol–water partition coefficient (Wildman–Crippen LogP) is 3.36. The molecule has 1 aromatic carbocycles. The Kier molecular flexibility index (Phi) is 3.52. The van der Waals surface area contributed by atoms with E-state index in [1.807, 2.05) is 12.3 Å². The highest BCUT2D eigenvalue weighted by Crippen LogP contribution is 2.24. The molecule has 0 radical (unpaired) electrons. The number of nitro groups is 1. The average Bonchev–Trinajstić information content (AvgIpc) is 2.81. The first-order valence-corrected chi connectivity index (χ1v) is 6.10. The Morgan fingerprint density at radius 1 is 1.50 bits per heavy atom. The van der Waals surface area contributed by atoms with Gasteiger partial charge >= 0.3 is 0 Å². The van der Waals surface area contributed by atoms with Gasteiger partial charge in [-0.25, -0.2) is 9.37 Å². The van der Waals surface area contributed by atoms with Crippen LogP contribution in [0.5, 0.6) is 0 Å². The van der Waals surface area contributed by atoms with E-state index in [-0.39, 0.29) is 11.7 Å². The number of nitro benzene ring substituents is 1. The molecule has 0 aliphatic heterocycles. The number of hydrogen-bond donors (Lipinski definition) is 1. The minimum atomic E-state index is -0.642. The number of thiazole rings is 1. The van der Waals surface area contributed by atoms with Crippen molar-refractivity contribution in [2.24, 2.45) is 0 Å². The fourth-order valence-electron chi connectivity index (χ4n) is 1.52. The van der Waals surface area contributed by atoms with Crippen LogP contribution in [0.15, 0.2) is 29.1 Å². The Labute approximate surface area is 106 Å². The number of benzene rings is 1. The Morgan fingerprint density at radius 3 is 2.89 bits per heavy atom. The van der Waals surface area contributed by atoms with E-state index >= 15 is 0 Å². The molecule has 0 saturated heterocycles. The summed E-state index contributed by atoms with van der Waals surface area (Å²) in [6, 6.07) is 3.26. The van der Waals surface area contributed by atoms with Crippen LogP contribution in [0.1, 0.15) is 18.7 Å². The van der Waals surface area contributed by atoms with E-state index < -0.39 is 10.7 Å². The van der Waals surface area contributed by atoms with Crippen molar-refractivity contribution < 1.29 is 9.31 Å². The van der Waals surface area contributed by atoms with Crippen LogP contribution in [0.4, 0.5) is 15.8 Å². The van der Waals surface area contributed by atoms with Crippen molar-refractivity contribution in [3.63, 3.8) is 0 Å². The largest absolute Gasteiger partial charge is 0.377 e. The standard InChI is InChI=1S/C11H10FN3O2S/c1-7(11-5-18-6-13-11)14-9-2-8(12)3-10(4-9)15(16)17/h2-7,14H,1H3. The molecule has 1 N–H and O–H groups in total. The van der Waals surface area contributed by atoms with E-state index in [4.69, 9.17) is 0 Å². The van der Waals surface area contributed by atoms with E-state index in [1.165, 1.54) is 23.5 Å². The van der Waals surface area contributed by atoms with Gasteiger partial charge in [0.25, 0.3) is 5.69 Å². The van der Waals surface area contributed by atoms with Crippen LogP contribution in [0, 0.1) is 15.9 Å². The van der Waals surface area contributed by atoms with Gasteiger partial charge in [-0.1, -0.05) is 0 Å². The summed E-state index contributed by atoms with van der Waals surface area (Å²) in [6.45, 7) is 1.85. The van der Waals surface area contributed by atoms with E-state index in [0.717, 1.165) is 11.8 Å². The normalized spacial score (nSPS) is 12.1. The van der Waals surface area contributed by atoms with Gasteiger partial charge in [-0.3, -0.25) is 10.1 Å². The molecule has 0 aliphatic rings. The minimum absolute atomic E-state index is 0.141. The molecule has 2 rings (SSSR count). The van der Waals surface area contributed by atoms with E-state index in [0.29, 0.717) is 5.69 Å². The van der Waals surface area contributed by atoms with Crippen molar-refractivity contribution in [3.8, 4) is 0 Å². The van der Waals surface area contributed by atoms with Gasteiger partial charge in [0.05, 0.1) is 28.2 Å². The second-order valence-electron chi connectivity index (χ2n) is 3.73. The summed E-state index contributed by atoms with van der Waals surface area (Å²) in [4.78, 5) is 14.1. The number of anilines is 1. The third-order valence-corrected chi connectivity index (χ3v) is 2.98. The van der Waals surface area contributed by atoms with E-state index in [9.17, 15) is 14.5 Å². The van der Waals surface area contributed by atoms with Crippen molar-refractivity contribution in [1.82, 2.24) is 4.98 Å². The molecule has 0 spiro atoms. The summed E-state index contributed by atoms with van der Waals surface area (Å²) < 4.78 is 13.2. The first kappa shape index (κ1) is 12.4. The lowest BCUT2D eigenvalue weighted by molar-refractivity contribution is -0.385. The second kappa shape index (κ2) is 5.09. The lowest BCUT2D eigenvalue weighted by Gasteiger charge is -2.12. The summed E-state index contributed by atoms with van der Waals surface area (Å²) in [5, 5.41) is 15.5. The van der Waals surface area contributed by atoms with Crippen molar-refractivity contribution in [2.75, 3.05) is 5.32 Å². The molecule has 1 atom stereocenters. The van der Waals surface area contributed by atoms with Crippen LogP contribution in [-0.4, -0.2) is 9.91 Å². The van der Waals surface area contributed by atoms with Crippen molar-refractivity contribution in [1.29, 1.82) is 0 Å². The van der Waals surface area contributed by atoms with Gasteiger partial charge in [0.2, 0.25) is 0 Å². The number of halogens is 1. The number of rotatable bonds is 4. The maximum Gasteiger partial charge on any atom is 0.274 e. The maximum atomic E-state index is 13.2. The van der Waals surface area contributed by atoms with Gasteiger partial charge in [-0.15, -0.1) is 11.3 Å². The number of nitrogens with one attached hydrogen (secondary N) is 1. The van der Waals surface area contributed by atoms with Gasteiger partial charge in [0.1, 0.15) is 5.82 Å². The summed E-state index contributed by atoms with van der Waals surface area (Å²) in [5.74, 6) is -0.642. The molecule has 1 heterocycles. The number of hydrogen-bond acceptors (Lipinski definition) is 5. The fourth-order valence-corrected chi connectivity index (χ4v) is 2.17. The summed E-state index contributed by atoms with van der Waals surface area (Å²) in [6.07, 6.45) is 0. The number of nitrogens with zero attached hydrogens (tertiary/aromatic N) is 2. The minimum Gasteiger partial charge on any atom is -0.377 e. The first-order chi connectivity index (χ1) is 8.56. The number of aromatic nitrogens is 1. The van der Waals surface area contributed by atoms with Gasteiger partial charge in [-0.05, 0) is 13.0 Å². The zero-order valence-corrected chi connectivity index (χ0v) is 10.3. The highest BCUT2D eigenvalue weighted by molar-refractivity contribution is 7.07. The molecule has 5 nitrogen and oxygen atoms in total. The number of non-ortho nitro benzene ring substituents is 1. The Balaban J connectivity index is 2.21. The van der Waals surface area contributed by atoms with E-state index in [1.54, 1.807) is 5.51 Å². The van der Waals surface area contributed by atoms with Crippen LogP contribution < -0.4 is 5.32 Å². The van der Waals surface area contributed by atoms with Crippen molar-refractivity contribution in [2.45, 2.75) is 13.0 Å². The SMILES string of the molecule is CC(Nc1cc(F)cc([N+](=O)[O-])c1)c1cscn1. The summed E-state index contributed by atoms with van der Waals surface area (Å²) in [5.41, 5.74) is 2.60. The van der Waals surface area contributed by atoms with E-state index in [2.05, 4.69) is 10.3 Å². The van der Waals surface area contributed by atoms with Crippen LogP contribution in [-0.2, 0) is 0 Å². The molecule has 94 valence electrons. The molecular formula is C11H10FN3O2S. The quantitative estimate of drug-likeness (QED) is 0.681. The van der Waals surface area contributed by atoms with Gasteiger partial charge in [-0.2, -0.15) is 0 Å². The monoisotopic (exact) mass is 267 g/mol. The Hall–Kier alpha value is -2.02. The molecule has 0 bridgehead atoms. The topological polar surface area (TPSA) is 68.1 Å². The first-order valence-electron chi connectivity index (χ1n) is 5.16. The van der Waals surface area contributed by atoms with Gasteiger partial charge in [0, 0.05) is 17.1 Å².